The largest absolute Gasteiger partial charge is 0.489 e. The van der Waals surface area contributed by atoms with Gasteiger partial charge in [-0.3, -0.25) is 9.59 Å². The summed E-state index contributed by atoms with van der Waals surface area (Å²) in [6, 6.07) is 14.6. The van der Waals surface area contributed by atoms with Crippen LogP contribution in [0.15, 0.2) is 53.6 Å². The van der Waals surface area contributed by atoms with Crippen LogP contribution in [-0.4, -0.2) is 38.3 Å². The maximum absolute atomic E-state index is 11.5. The zero-order chi connectivity index (χ0) is 19.5. The average Bonchev–Trinajstić information content (AvgIpc) is 2.67. The molecule has 0 unspecified atom stereocenters. The summed E-state index contributed by atoms with van der Waals surface area (Å²) in [6.45, 7) is 0.985. The molecule has 0 aliphatic rings. The fourth-order valence-corrected chi connectivity index (χ4v) is 2.22. The van der Waals surface area contributed by atoms with Gasteiger partial charge in [-0.15, -0.1) is 0 Å². The fraction of sp³-hybridized carbons (Fsp3) is 0.211. The third-order valence-corrected chi connectivity index (χ3v) is 3.59. The number of ether oxygens (including phenoxy) is 2. The first kappa shape index (κ1) is 20.4. The molecule has 27 heavy (non-hydrogen) atoms. The minimum Gasteiger partial charge on any atom is -0.489 e. The molecule has 0 fully saturated rings. The summed E-state index contributed by atoms with van der Waals surface area (Å²) < 4.78 is 10.5. The van der Waals surface area contributed by atoms with Crippen LogP contribution < -0.4 is 15.5 Å². The molecule has 2 rings (SSSR count). The number of amides is 2. The molecule has 142 valence electrons. The summed E-state index contributed by atoms with van der Waals surface area (Å²) in [5.74, 6) is -0.925. The lowest BCUT2D eigenvalue weighted by Crippen LogP contribution is -2.39. The molecular weight excluding hydrogens is 370 g/mol. The average molecular weight is 390 g/mol. The standard InChI is InChI=1S/C19H20ClN3O4/c1-26-10-9-21-18(24)19(25)23-22-12-14-5-7-17(8-6-14)27-13-15-3-2-4-16(20)11-15/h2-8,11-12H,9-10,13H2,1H3,(H,21,24)(H,23,25)/b22-12-. The van der Waals surface area contributed by atoms with Crippen LogP contribution in [0.2, 0.25) is 5.02 Å². The van der Waals surface area contributed by atoms with Gasteiger partial charge in [0.1, 0.15) is 12.4 Å². The molecule has 0 bridgehead atoms. The zero-order valence-corrected chi connectivity index (χ0v) is 15.5. The second-order valence-electron chi connectivity index (χ2n) is 5.44. The number of rotatable bonds is 8. The van der Waals surface area contributed by atoms with Crippen molar-refractivity contribution in [2.24, 2.45) is 5.10 Å². The van der Waals surface area contributed by atoms with Gasteiger partial charge in [0.05, 0.1) is 12.8 Å². The molecule has 2 N–H and O–H groups in total. The highest BCUT2D eigenvalue weighted by molar-refractivity contribution is 6.35. The van der Waals surface area contributed by atoms with Gasteiger partial charge in [-0.05, 0) is 47.5 Å². The van der Waals surface area contributed by atoms with Crippen LogP contribution in [0.25, 0.3) is 0 Å². The van der Waals surface area contributed by atoms with Crippen molar-refractivity contribution in [3.63, 3.8) is 0 Å². The Kier molecular flexibility index (Phi) is 8.28. The lowest BCUT2D eigenvalue weighted by molar-refractivity contribution is -0.139. The van der Waals surface area contributed by atoms with E-state index in [4.69, 9.17) is 21.1 Å². The number of hydrogen-bond donors (Lipinski definition) is 2. The lowest BCUT2D eigenvalue weighted by atomic mass is 10.2. The molecule has 0 atom stereocenters. The van der Waals surface area contributed by atoms with Gasteiger partial charge in [0.2, 0.25) is 0 Å². The number of carbonyl (C=O) groups is 2. The van der Waals surface area contributed by atoms with E-state index in [2.05, 4.69) is 15.8 Å². The van der Waals surface area contributed by atoms with E-state index >= 15 is 0 Å². The van der Waals surface area contributed by atoms with E-state index in [1.54, 1.807) is 30.3 Å². The smallest absolute Gasteiger partial charge is 0.329 e. The van der Waals surface area contributed by atoms with E-state index in [-0.39, 0.29) is 6.54 Å². The maximum Gasteiger partial charge on any atom is 0.329 e. The summed E-state index contributed by atoms with van der Waals surface area (Å²) in [5, 5.41) is 6.81. The molecular formula is C19H20ClN3O4. The zero-order valence-electron chi connectivity index (χ0n) is 14.8. The third kappa shape index (κ3) is 7.47. The van der Waals surface area contributed by atoms with Gasteiger partial charge >= 0.3 is 11.8 Å². The Bertz CT molecular complexity index is 794. The summed E-state index contributed by atoms with van der Waals surface area (Å²) >= 11 is 5.94. The molecule has 2 aromatic carbocycles. The Hall–Kier alpha value is -2.90. The lowest BCUT2D eigenvalue weighted by Gasteiger charge is -2.06. The summed E-state index contributed by atoms with van der Waals surface area (Å²) in [7, 11) is 1.50. The molecule has 0 saturated carbocycles. The van der Waals surface area contributed by atoms with Crippen molar-refractivity contribution in [3.8, 4) is 5.75 Å². The third-order valence-electron chi connectivity index (χ3n) is 3.35. The predicted molar refractivity (Wildman–Crippen MR) is 103 cm³/mol. The van der Waals surface area contributed by atoms with Crippen LogP contribution in [0, 0.1) is 0 Å². The molecule has 0 aliphatic carbocycles. The molecule has 0 radical (unpaired) electrons. The molecule has 0 aromatic heterocycles. The van der Waals surface area contributed by atoms with Crippen molar-refractivity contribution < 1.29 is 19.1 Å². The number of nitrogens with one attached hydrogen (secondary N) is 2. The number of carbonyl (C=O) groups excluding carboxylic acids is 2. The Morgan fingerprint density at radius 3 is 2.63 bits per heavy atom. The van der Waals surface area contributed by atoms with Gasteiger partial charge in [-0.1, -0.05) is 23.7 Å². The first-order valence-corrected chi connectivity index (χ1v) is 8.54. The van der Waals surface area contributed by atoms with Gasteiger partial charge in [0, 0.05) is 18.7 Å². The fourth-order valence-electron chi connectivity index (χ4n) is 2.01. The van der Waals surface area contributed by atoms with Crippen LogP contribution in [0.3, 0.4) is 0 Å². The molecule has 0 saturated heterocycles. The number of hydrogen-bond acceptors (Lipinski definition) is 5. The van der Waals surface area contributed by atoms with Gasteiger partial charge < -0.3 is 14.8 Å². The van der Waals surface area contributed by atoms with Crippen LogP contribution in [0.1, 0.15) is 11.1 Å². The van der Waals surface area contributed by atoms with E-state index in [1.165, 1.54) is 13.3 Å². The number of benzene rings is 2. The first-order chi connectivity index (χ1) is 13.1. The second kappa shape index (κ2) is 10.9. The Morgan fingerprint density at radius 1 is 1.15 bits per heavy atom. The highest BCUT2D eigenvalue weighted by Crippen LogP contribution is 2.15. The monoisotopic (exact) mass is 389 g/mol. The SMILES string of the molecule is COCCNC(=O)C(=O)N/N=C\c1ccc(OCc2cccc(Cl)c2)cc1. The van der Waals surface area contributed by atoms with E-state index in [0.717, 1.165) is 11.1 Å². The van der Waals surface area contributed by atoms with E-state index in [1.807, 2.05) is 18.2 Å². The molecule has 7 nitrogen and oxygen atoms in total. The number of nitrogens with zero attached hydrogens (tertiary/aromatic N) is 1. The van der Waals surface area contributed by atoms with Gasteiger partial charge in [0.25, 0.3) is 0 Å². The van der Waals surface area contributed by atoms with Crippen LogP contribution in [0.5, 0.6) is 5.75 Å². The molecule has 2 amide bonds. The normalized spacial score (nSPS) is 10.6. The molecule has 0 heterocycles. The number of methoxy groups -OCH3 is 1. The minimum atomic E-state index is -0.844. The van der Waals surface area contributed by atoms with Crippen LogP contribution >= 0.6 is 11.6 Å². The van der Waals surface area contributed by atoms with Crippen molar-refractivity contribution in [2.75, 3.05) is 20.3 Å². The van der Waals surface area contributed by atoms with E-state index in [0.29, 0.717) is 24.0 Å². The van der Waals surface area contributed by atoms with Gasteiger partial charge in [-0.25, -0.2) is 5.43 Å². The van der Waals surface area contributed by atoms with Crippen molar-refractivity contribution >= 4 is 29.6 Å². The molecule has 2 aromatic rings. The predicted octanol–water partition coefficient (Wildman–Crippen LogP) is 2.13. The number of halogens is 1. The second-order valence-corrected chi connectivity index (χ2v) is 5.87. The summed E-state index contributed by atoms with van der Waals surface area (Å²) in [5.41, 5.74) is 3.87. The van der Waals surface area contributed by atoms with Crippen molar-refractivity contribution in [3.05, 3.63) is 64.7 Å². The van der Waals surface area contributed by atoms with Crippen molar-refractivity contribution in [1.29, 1.82) is 0 Å². The topological polar surface area (TPSA) is 89.0 Å². The Balaban J connectivity index is 1.78. The highest BCUT2D eigenvalue weighted by atomic mass is 35.5. The summed E-state index contributed by atoms with van der Waals surface area (Å²) in [6.07, 6.45) is 1.43. The van der Waals surface area contributed by atoms with Crippen LogP contribution in [-0.2, 0) is 20.9 Å². The first-order valence-electron chi connectivity index (χ1n) is 8.16. The molecule has 0 aliphatic heterocycles. The minimum absolute atomic E-state index is 0.253. The van der Waals surface area contributed by atoms with Gasteiger partial charge in [-0.2, -0.15) is 5.10 Å². The van der Waals surface area contributed by atoms with Crippen LogP contribution in [0.4, 0.5) is 0 Å². The number of hydrazone groups is 1. The Labute approximate surface area is 162 Å². The van der Waals surface area contributed by atoms with E-state index in [9.17, 15) is 9.59 Å². The maximum atomic E-state index is 11.5. The van der Waals surface area contributed by atoms with Crippen molar-refractivity contribution in [2.45, 2.75) is 6.61 Å². The van der Waals surface area contributed by atoms with Crippen molar-refractivity contribution in [1.82, 2.24) is 10.7 Å². The summed E-state index contributed by atoms with van der Waals surface area (Å²) in [4.78, 5) is 23.0. The Morgan fingerprint density at radius 2 is 1.93 bits per heavy atom. The highest BCUT2D eigenvalue weighted by Gasteiger charge is 2.11. The van der Waals surface area contributed by atoms with Gasteiger partial charge in [0.15, 0.2) is 0 Å². The van der Waals surface area contributed by atoms with E-state index < -0.39 is 11.8 Å². The quantitative estimate of drug-likeness (QED) is 0.313. The molecule has 8 heteroatoms. The molecule has 0 spiro atoms.